The molecule has 0 aliphatic rings. The maximum atomic E-state index is 13.2. The number of benzene rings is 1. The van der Waals surface area contributed by atoms with Crippen LogP contribution in [0.2, 0.25) is 0 Å². The first-order valence-electron chi connectivity index (χ1n) is 7.30. The first-order valence-corrected chi connectivity index (χ1v) is 7.30. The van der Waals surface area contributed by atoms with Gasteiger partial charge in [-0.3, -0.25) is 9.78 Å². The summed E-state index contributed by atoms with van der Waals surface area (Å²) in [5.74, 6) is -2.37. The van der Waals surface area contributed by atoms with Crippen LogP contribution in [0.1, 0.15) is 41.4 Å². The molecular formula is C17H18F2N2O2. The van der Waals surface area contributed by atoms with Crippen molar-refractivity contribution in [2.24, 2.45) is 0 Å². The van der Waals surface area contributed by atoms with E-state index in [0.29, 0.717) is 12.0 Å². The smallest absolute Gasteiger partial charge is 0.251 e. The van der Waals surface area contributed by atoms with Gasteiger partial charge in [-0.2, -0.15) is 0 Å². The summed E-state index contributed by atoms with van der Waals surface area (Å²) in [6, 6.07) is 4.08. The van der Waals surface area contributed by atoms with Crippen LogP contribution in [-0.4, -0.2) is 22.0 Å². The predicted molar refractivity (Wildman–Crippen MR) is 81.9 cm³/mol. The third kappa shape index (κ3) is 3.90. The Morgan fingerprint density at radius 3 is 2.70 bits per heavy atom. The second kappa shape index (κ2) is 7.28. The van der Waals surface area contributed by atoms with E-state index < -0.39 is 23.8 Å². The average molecular weight is 320 g/mol. The minimum atomic E-state index is -1.15. The van der Waals surface area contributed by atoms with Gasteiger partial charge in [0.15, 0.2) is 11.6 Å². The summed E-state index contributed by atoms with van der Waals surface area (Å²) in [6.07, 6.45) is 2.63. The molecule has 0 fully saturated rings. The lowest BCUT2D eigenvalue weighted by Gasteiger charge is -2.21. The van der Waals surface area contributed by atoms with E-state index >= 15 is 0 Å². The summed E-state index contributed by atoms with van der Waals surface area (Å²) in [5, 5.41) is 12.9. The minimum absolute atomic E-state index is 0.196. The van der Waals surface area contributed by atoms with Crippen molar-refractivity contribution >= 4 is 5.91 Å². The molecule has 23 heavy (non-hydrogen) atoms. The van der Waals surface area contributed by atoms with E-state index in [1.807, 2.05) is 6.92 Å². The highest BCUT2D eigenvalue weighted by Crippen LogP contribution is 2.20. The molecule has 2 atom stereocenters. The molecule has 1 aromatic carbocycles. The number of aliphatic hydroxyl groups is 1. The van der Waals surface area contributed by atoms with Gasteiger partial charge in [0.25, 0.3) is 5.91 Å². The average Bonchev–Trinajstić information content (AvgIpc) is 2.56. The topological polar surface area (TPSA) is 62.2 Å². The summed E-state index contributed by atoms with van der Waals surface area (Å²) in [7, 11) is 0. The number of nitrogens with one attached hydrogen (secondary N) is 1. The molecule has 2 rings (SSSR count). The first kappa shape index (κ1) is 17.0. The highest BCUT2D eigenvalue weighted by atomic mass is 19.2. The maximum Gasteiger partial charge on any atom is 0.251 e. The molecule has 0 bridgehead atoms. The van der Waals surface area contributed by atoms with Crippen molar-refractivity contribution in [1.29, 1.82) is 0 Å². The van der Waals surface area contributed by atoms with Gasteiger partial charge in [-0.1, -0.05) is 13.0 Å². The summed E-state index contributed by atoms with van der Waals surface area (Å²) >= 11 is 0. The van der Waals surface area contributed by atoms with Crippen molar-refractivity contribution in [3.8, 4) is 0 Å². The van der Waals surface area contributed by atoms with Gasteiger partial charge in [0, 0.05) is 18.0 Å². The SMILES string of the molecule is CCc1cnccc1C(=O)N[C@H](C)[C@@H](O)c1ccc(F)c(F)c1. The van der Waals surface area contributed by atoms with E-state index in [4.69, 9.17) is 0 Å². The molecule has 6 heteroatoms. The quantitative estimate of drug-likeness (QED) is 0.890. The molecule has 0 spiro atoms. The number of hydrogen-bond acceptors (Lipinski definition) is 3. The van der Waals surface area contributed by atoms with E-state index in [9.17, 15) is 18.7 Å². The molecule has 0 saturated heterocycles. The molecule has 0 aliphatic carbocycles. The third-order valence-corrected chi connectivity index (χ3v) is 3.65. The lowest BCUT2D eigenvalue weighted by Crippen LogP contribution is -2.37. The summed E-state index contributed by atoms with van der Waals surface area (Å²) in [6.45, 7) is 3.50. The summed E-state index contributed by atoms with van der Waals surface area (Å²) in [5.41, 5.74) is 1.47. The Morgan fingerprint density at radius 2 is 2.04 bits per heavy atom. The second-order valence-electron chi connectivity index (χ2n) is 5.27. The number of amides is 1. The van der Waals surface area contributed by atoms with Crippen LogP contribution in [0.3, 0.4) is 0 Å². The van der Waals surface area contributed by atoms with E-state index in [2.05, 4.69) is 10.3 Å². The fraction of sp³-hybridized carbons (Fsp3) is 0.294. The zero-order chi connectivity index (χ0) is 17.0. The Bertz CT molecular complexity index is 707. The van der Waals surface area contributed by atoms with Crippen LogP contribution in [-0.2, 0) is 6.42 Å². The number of hydrogen-bond donors (Lipinski definition) is 2. The fourth-order valence-electron chi connectivity index (χ4n) is 2.28. The van der Waals surface area contributed by atoms with Crippen molar-refractivity contribution in [2.75, 3.05) is 0 Å². The van der Waals surface area contributed by atoms with Gasteiger partial charge >= 0.3 is 0 Å². The van der Waals surface area contributed by atoms with E-state index in [-0.39, 0.29) is 11.5 Å². The van der Waals surface area contributed by atoms with Gasteiger partial charge in [0.05, 0.1) is 12.1 Å². The van der Waals surface area contributed by atoms with Crippen LogP contribution < -0.4 is 5.32 Å². The predicted octanol–water partition coefficient (Wildman–Crippen LogP) is 2.77. The summed E-state index contributed by atoms with van der Waals surface area (Å²) in [4.78, 5) is 16.3. The largest absolute Gasteiger partial charge is 0.386 e. The number of aliphatic hydroxyl groups excluding tert-OH is 1. The normalized spacial score (nSPS) is 13.4. The van der Waals surface area contributed by atoms with Gasteiger partial charge in [-0.05, 0) is 42.7 Å². The highest BCUT2D eigenvalue weighted by molar-refractivity contribution is 5.95. The Labute approximate surface area is 133 Å². The van der Waals surface area contributed by atoms with Crippen LogP contribution in [0.15, 0.2) is 36.7 Å². The van der Waals surface area contributed by atoms with Gasteiger partial charge in [-0.25, -0.2) is 8.78 Å². The molecule has 122 valence electrons. The zero-order valence-electron chi connectivity index (χ0n) is 12.9. The monoisotopic (exact) mass is 320 g/mol. The van der Waals surface area contributed by atoms with Crippen molar-refractivity contribution in [3.05, 3.63) is 65.0 Å². The maximum absolute atomic E-state index is 13.2. The van der Waals surface area contributed by atoms with E-state index in [1.54, 1.807) is 19.2 Å². The van der Waals surface area contributed by atoms with E-state index in [1.165, 1.54) is 12.3 Å². The van der Waals surface area contributed by atoms with Gasteiger partial charge in [-0.15, -0.1) is 0 Å². The number of carbonyl (C=O) groups is 1. The van der Waals surface area contributed by atoms with Crippen molar-refractivity contribution in [3.63, 3.8) is 0 Å². The lowest BCUT2D eigenvalue weighted by molar-refractivity contribution is 0.0850. The van der Waals surface area contributed by atoms with Crippen LogP contribution >= 0.6 is 0 Å². The molecule has 0 aliphatic heterocycles. The Kier molecular flexibility index (Phi) is 5.39. The molecule has 1 heterocycles. The Hall–Kier alpha value is -2.34. The van der Waals surface area contributed by atoms with Crippen LogP contribution in [0.5, 0.6) is 0 Å². The standard InChI is InChI=1S/C17H18F2N2O2/c1-3-11-9-20-7-6-13(11)17(23)21-10(2)16(22)12-4-5-14(18)15(19)8-12/h4-10,16,22H,3H2,1-2H3,(H,21,23)/t10-,16-/m1/s1. The number of pyridine rings is 1. The number of aromatic nitrogens is 1. The summed E-state index contributed by atoms with van der Waals surface area (Å²) < 4.78 is 26.2. The van der Waals surface area contributed by atoms with Crippen LogP contribution in [0, 0.1) is 11.6 Å². The molecular weight excluding hydrogens is 302 g/mol. The van der Waals surface area contributed by atoms with Gasteiger partial charge < -0.3 is 10.4 Å². The second-order valence-corrected chi connectivity index (χ2v) is 5.27. The molecule has 0 saturated carbocycles. The number of nitrogens with zero attached hydrogens (tertiary/aromatic N) is 1. The Balaban J connectivity index is 2.12. The number of halogens is 2. The lowest BCUT2D eigenvalue weighted by atomic mass is 10.0. The molecule has 0 radical (unpaired) electrons. The molecule has 1 amide bonds. The molecule has 2 N–H and O–H groups in total. The molecule has 0 unspecified atom stereocenters. The minimum Gasteiger partial charge on any atom is -0.386 e. The number of carbonyl (C=O) groups excluding carboxylic acids is 1. The highest BCUT2D eigenvalue weighted by Gasteiger charge is 2.21. The zero-order valence-corrected chi connectivity index (χ0v) is 12.9. The molecule has 1 aromatic heterocycles. The first-order chi connectivity index (χ1) is 10.9. The van der Waals surface area contributed by atoms with Crippen molar-refractivity contribution in [2.45, 2.75) is 32.4 Å². The molecule has 4 nitrogen and oxygen atoms in total. The number of rotatable bonds is 5. The van der Waals surface area contributed by atoms with E-state index in [0.717, 1.165) is 17.7 Å². The molecule has 2 aromatic rings. The van der Waals surface area contributed by atoms with Gasteiger partial charge in [0.1, 0.15) is 0 Å². The van der Waals surface area contributed by atoms with Crippen molar-refractivity contribution < 1.29 is 18.7 Å². The number of aryl methyl sites for hydroxylation is 1. The third-order valence-electron chi connectivity index (χ3n) is 3.65. The van der Waals surface area contributed by atoms with Gasteiger partial charge in [0.2, 0.25) is 0 Å². The Morgan fingerprint density at radius 1 is 1.30 bits per heavy atom. The van der Waals surface area contributed by atoms with Crippen LogP contribution in [0.4, 0.5) is 8.78 Å². The van der Waals surface area contributed by atoms with Crippen LogP contribution in [0.25, 0.3) is 0 Å². The fourth-order valence-corrected chi connectivity index (χ4v) is 2.28. The van der Waals surface area contributed by atoms with Crippen molar-refractivity contribution in [1.82, 2.24) is 10.3 Å².